The van der Waals surface area contributed by atoms with Crippen LogP contribution in [0.5, 0.6) is 0 Å². The lowest BCUT2D eigenvalue weighted by atomic mass is 10.3. The third-order valence-electron chi connectivity index (χ3n) is 2.25. The highest BCUT2D eigenvalue weighted by atomic mass is 32.3. The number of rotatable bonds is 3. The van der Waals surface area contributed by atoms with Crippen molar-refractivity contribution in [3.63, 3.8) is 0 Å². The quantitative estimate of drug-likeness (QED) is 0.475. The molecule has 1 rings (SSSR count). The van der Waals surface area contributed by atoms with E-state index in [1.165, 1.54) is 0 Å². The number of piperazine rings is 1. The van der Waals surface area contributed by atoms with Crippen LogP contribution < -0.4 is 5.32 Å². The largest absolute Gasteiger partial charge is 0.394 e. The molecule has 9 nitrogen and oxygen atoms in total. The van der Waals surface area contributed by atoms with Gasteiger partial charge >= 0.3 is 10.4 Å². The molecule has 0 aliphatic carbocycles. The molecule has 1 atom stereocenters. The number of hydrogen-bond acceptors (Lipinski definition) is 6. The van der Waals surface area contributed by atoms with Crippen LogP contribution in [0.4, 0.5) is 0 Å². The second-order valence-electron chi connectivity index (χ2n) is 3.61. The summed E-state index contributed by atoms with van der Waals surface area (Å²) in [6, 6.07) is 0. The first-order chi connectivity index (χ1) is 8.05. The zero-order chi connectivity index (χ0) is 14.4. The molecule has 0 radical (unpaired) electrons. The monoisotopic (exact) mass is 306 g/mol. The van der Waals surface area contributed by atoms with Crippen molar-refractivity contribution in [2.24, 2.45) is 0 Å². The zero-order valence-corrected chi connectivity index (χ0v) is 11.5. The molecule has 0 aromatic rings. The first kappa shape index (κ1) is 17.7. The fourth-order valence-electron chi connectivity index (χ4n) is 1.63. The lowest BCUT2D eigenvalue weighted by Crippen LogP contribution is -2.50. The van der Waals surface area contributed by atoms with Crippen LogP contribution in [0.1, 0.15) is 13.3 Å². The Morgan fingerprint density at radius 3 is 1.78 bits per heavy atom. The van der Waals surface area contributed by atoms with Gasteiger partial charge in [-0.05, 0) is 6.42 Å². The van der Waals surface area contributed by atoms with E-state index in [1.807, 2.05) is 0 Å². The van der Waals surface area contributed by atoms with Gasteiger partial charge in [0.2, 0.25) is 0 Å². The van der Waals surface area contributed by atoms with Gasteiger partial charge in [0.05, 0.1) is 0 Å². The number of nitrogens with one attached hydrogen (secondary N) is 1. The minimum atomic E-state index is -4.67. The molecule has 0 bridgehead atoms. The standard InChI is InChI=1S/C7H16N2O3S.H2O4S/c1-2-7(13(10,11)12)9-5-3-8-4-6-9;1-5(2,3)4/h7-8H,2-6H2,1H3,(H,10,11,12);(H2,1,2,3,4). The summed E-state index contributed by atoms with van der Waals surface area (Å²) in [4.78, 5) is 1.80. The summed E-state index contributed by atoms with van der Waals surface area (Å²) in [5.41, 5.74) is 0. The molecule has 0 saturated carbocycles. The second kappa shape index (κ2) is 7.33. The third kappa shape index (κ3) is 8.74. The van der Waals surface area contributed by atoms with Crippen LogP contribution >= 0.6 is 0 Å². The van der Waals surface area contributed by atoms with Crippen LogP contribution in [0, 0.1) is 0 Å². The maximum Gasteiger partial charge on any atom is 0.394 e. The molecule has 4 N–H and O–H groups in total. The lowest BCUT2D eigenvalue weighted by molar-refractivity contribution is 0.206. The van der Waals surface area contributed by atoms with Crippen LogP contribution in [-0.4, -0.2) is 66.9 Å². The van der Waals surface area contributed by atoms with Crippen LogP contribution in [-0.2, 0) is 20.5 Å². The average molecular weight is 306 g/mol. The van der Waals surface area contributed by atoms with Crippen molar-refractivity contribution in [3.8, 4) is 0 Å². The molecular formula is C7H18N2O7S2. The number of nitrogens with zero attached hydrogens (tertiary/aromatic N) is 1. The van der Waals surface area contributed by atoms with Crippen LogP contribution in [0.25, 0.3) is 0 Å². The van der Waals surface area contributed by atoms with Gasteiger partial charge in [0.15, 0.2) is 0 Å². The van der Waals surface area contributed by atoms with Gasteiger partial charge in [-0.3, -0.25) is 18.6 Å². The molecule has 0 spiro atoms. The van der Waals surface area contributed by atoms with E-state index in [1.54, 1.807) is 11.8 Å². The highest BCUT2D eigenvalue weighted by Crippen LogP contribution is 2.10. The fourth-order valence-corrected chi connectivity index (χ4v) is 2.64. The van der Waals surface area contributed by atoms with Gasteiger partial charge in [0, 0.05) is 26.2 Å². The maximum absolute atomic E-state index is 11.0. The Hall–Kier alpha value is -0.300. The van der Waals surface area contributed by atoms with E-state index in [-0.39, 0.29) is 0 Å². The Morgan fingerprint density at radius 2 is 1.50 bits per heavy atom. The molecule has 1 fully saturated rings. The van der Waals surface area contributed by atoms with E-state index in [4.69, 9.17) is 22.1 Å². The molecule has 0 aromatic heterocycles. The van der Waals surface area contributed by atoms with Crippen molar-refractivity contribution >= 4 is 20.5 Å². The Labute approximate surface area is 106 Å². The molecule has 1 aliphatic rings. The fraction of sp³-hybridized carbons (Fsp3) is 1.00. The van der Waals surface area contributed by atoms with Crippen LogP contribution in [0.3, 0.4) is 0 Å². The topological polar surface area (TPSA) is 144 Å². The Bertz CT molecular complexity index is 419. The smallest absolute Gasteiger partial charge is 0.314 e. The summed E-state index contributed by atoms with van der Waals surface area (Å²) in [5, 5.41) is 2.40. The average Bonchev–Trinajstić information content (AvgIpc) is 2.15. The molecule has 11 heteroatoms. The molecule has 110 valence electrons. The van der Waals surface area contributed by atoms with Crippen LogP contribution in [0.15, 0.2) is 0 Å². The van der Waals surface area contributed by atoms with Gasteiger partial charge in [0.1, 0.15) is 5.37 Å². The molecule has 1 heterocycles. The molecule has 1 saturated heterocycles. The zero-order valence-electron chi connectivity index (χ0n) is 9.85. The summed E-state index contributed by atoms with van der Waals surface area (Å²) in [6.07, 6.45) is 0.429. The molecule has 1 unspecified atom stereocenters. The van der Waals surface area contributed by atoms with Gasteiger partial charge in [-0.15, -0.1) is 0 Å². The highest BCUT2D eigenvalue weighted by Gasteiger charge is 2.28. The summed E-state index contributed by atoms with van der Waals surface area (Å²) in [7, 11) is -8.58. The van der Waals surface area contributed by atoms with E-state index < -0.39 is 25.9 Å². The summed E-state index contributed by atoms with van der Waals surface area (Å²) in [6.45, 7) is 4.69. The van der Waals surface area contributed by atoms with Crippen molar-refractivity contribution in [1.29, 1.82) is 0 Å². The second-order valence-corrected chi connectivity index (χ2v) is 6.08. The Morgan fingerprint density at radius 1 is 1.11 bits per heavy atom. The van der Waals surface area contributed by atoms with E-state index in [9.17, 15) is 8.42 Å². The predicted octanol–water partition coefficient (Wildman–Crippen LogP) is -1.14. The summed E-state index contributed by atoms with van der Waals surface area (Å²) in [5.74, 6) is 0. The Balaban J connectivity index is 0.000000494. The van der Waals surface area contributed by atoms with Gasteiger partial charge in [-0.1, -0.05) is 6.92 Å². The molecule has 1 aliphatic heterocycles. The van der Waals surface area contributed by atoms with Crippen molar-refractivity contribution in [1.82, 2.24) is 10.2 Å². The normalized spacial score (nSPS) is 19.8. The van der Waals surface area contributed by atoms with E-state index in [0.717, 1.165) is 13.1 Å². The van der Waals surface area contributed by atoms with Gasteiger partial charge in [0.25, 0.3) is 10.1 Å². The van der Waals surface area contributed by atoms with Gasteiger partial charge in [-0.2, -0.15) is 16.8 Å². The Kier molecular flexibility index (Phi) is 7.21. The summed E-state index contributed by atoms with van der Waals surface area (Å²) < 4.78 is 62.4. The highest BCUT2D eigenvalue weighted by molar-refractivity contribution is 7.86. The number of hydrogen-bond donors (Lipinski definition) is 4. The minimum absolute atomic E-state index is 0.429. The van der Waals surface area contributed by atoms with Crippen LogP contribution in [0.2, 0.25) is 0 Å². The lowest BCUT2D eigenvalue weighted by Gasteiger charge is -2.32. The van der Waals surface area contributed by atoms with Crippen molar-refractivity contribution < 1.29 is 30.5 Å². The molecule has 0 amide bonds. The summed E-state index contributed by atoms with van der Waals surface area (Å²) >= 11 is 0. The van der Waals surface area contributed by atoms with Gasteiger partial charge in [-0.25, -0.2) is 0 Å². The minimum Gasteiger partial charge on any atom is -0.314 e. The maximum atomic E-state index is 11.0. The molecule has 18 heavy (non-hydrogen) atoms. The van der Waals surface area contributed by atoms with Crippen molar-refractivity contribution in [2.75, 3.05) is 26.2 Å². The third-order valence-corrected chi connectivity index (χ3v) is 3.57. The van der Waals surface area contributed by atoms with E-state index >= 15 is 0 Å². The van der Waals surface area contributed by atoms with Crippen molar-refractivity contribution in [3.05, 3.63) is 0 Å². The SMILES string of the molecule is CCC(N1CCNCC1)S(=O)(=O)O.O=S(=O)(O)O. The molecular weight excluding hydrogens is 288 g/mol. The first-order valence-electron chi connectivity index (χ1n) is 5.16. The van der Waals surface area contributed by atoms with Crippen molar-refractivity contribution in [2.45, 2.75) is 18.7 Å². The first-order valence-corrected chi connectivity index (χ1v) is 8.06. The van der Waals surface area contributed by atoms with E-state index in [0.29, 0.717) is 19.5 Å². The van der Waals surface area contributed by atoms with E-state index in [2.05, 4.69) is 5.32 Å². The molecule has 0 aromatic carbocycles. The predicted molar refractivity (Wildman–Crippen MR) is 64.2 cm³/mol. The van der Waals surface area contributed by atoms with Gasteiger partial charge < -0.3 is 5.32 Å².